The number of nitrogens with one attached hydrogen (secondary N) is 1. The molecule has 2 bridgehead atoms. The topological polar surface area (TPSA) is 136 Å². The molecule has 0 aromatic heterocycles. The van der Waals surface area contributed by atoms with E-state index in [-0.39, 0.29) is 46.3 Å². The molecule has 218 valence electrons. The van der Waals surface area contributed by atoms with Crippen LogP contribution in [0, 0.1) is 28.9 Å². The molecule has 3 amide bonds. The van der Waals surface area contributed by atoms with Crippen molar-refractivity contribution in [1.82, 2.24) is 0 Å². The van der Waals surface area contributed by atoms with Crippen molar-refractivity contribution in [3.63, 3.8) is 0 Å². The van der Waals surface area contributed by atoms with Crippen molar-refractivity contribution in [3.8, 4) is 0 Å². The number of para-hydroxylation sites is 1. The van der Waals surface area contributed by atoms with Crippen LogP contribution in [0.25, 0.3) is 0 Å². The fraction of sp³-hybridized carbons (Fsp3) is 0.176. The van der Waals surface area contributed by atoms with E-state index in [0.717, 1.165) is 27.2 Å². The molecule has 2 atom stereocenters. The van der Waals surface area contributed by atoms with Gasteiger partial charge in [-0.2, -0.15) is 0 Å². The second kappa shape index (κ2) is 10.3. The summed E-state index contributed by atoms with van der Waals surface area (Å²) >= 11 is 0. The number of nitrogens with zero attached hydrogens (tertiary/aromatic N) is 2. The maximum atomic E-state index is 14.1. The highest BCUT2D eigenvalue weighted by Gasteiger charge is 2.62. The number of benzene rings is 4. The van der Waals surface area contributed by atoms with Crippen LogP contribution >= 0.6 is 0 Å². The number of carbonyl (C=O) groups is 4. The number of carbonyl (C=O) groups excluding carboxylic acids is 4. The van der Waals surface area contributed by atoms with Crippen molar-refractivity contribution in [2.45, 2.75) is 18.8 Å². The summed E-state index contributed by atoms with van der Waals surface area (Å²) in [5.74, 6) is -4.18. The van der Waals surface area contributed by atoms with Crippen LogP contribution in [0.4, 0.5) is 17.1 Å². The molecule has 8 rings (SSSR count). The van der Waals surface area contributed by atoms with Gasteiger partial charge in [-0.15, -0.1) is 0 Å². The number of amides is 3. The van der Waals surface area contributed by atoms with E-state index in [2.05, 4.69) is 5.32 Å². The zero-order valence-corrected chi connectivity index (χ0v) is 23.4. The molecule has 4 aliphatic rings. The standard InChI is InChI=1S/C34H25N3O7/c1-18-14-15-19(16-26(18)37(42)43)35-27(38)17-44-34(41)24-12-6-7-13-25(24)36-32(39)30-28-20-8-2-3-9-21(20)29(31(30)33(36)40)23-11-5-4-10-22(23)28/h2-16,28-31H,17H2,1H3,(H,35,38)/t28?,29?,30-,31-/m0/s1. The Labute approximate surface area is 251 Å². The van der Waals surface area contributed by atoms with E-state index < -0.39 is 35.2 Å². The number of rotatable bonds is 6. The first kappa shape index (κ1) is 27.2. The average Bonchev–Trinajstić information content (AvgIpc) is 3.30. The number of imide groups is 1. The second-order valence-electron chi connectivity index (χ2n) is 11.2. The van der Waals surface area contributed by atoms with Crippen LogP contribution in [0.2, 0.25) is 0 Å². The van der Waals surface area contributed by atoms with Crippen molar-refractivity contribution in [2.75, 3.05) is 16.8 Å². The second-order valence-corrected chi connectivity index (χ2v) is 11.2. The van der Waals surface area contributed by atoms with Gasteiger partial charge in [0.05, 0.1) is 28.0 Å². The average molecular weight is 588 g/mol. The predicted molar refractivity (Wildman–Crippen MR) is 159 cm³/mol. The predicted octanol–water partition coefficient (Wildman–Crippen LogP) is 5.10. The highest BCUT2D eigenvalue weighted by molar-refractivity contribution is 6.25. The summed E-state index contributed by atoms with van der Waals surface area (Å²) in [6.45, 7) is 0.896. The molecule has 0 radical (unpaired) electrons. The van der Waals surface area contributed by atoms with Gasteiger partial charge >= 0.3 is 5.97 Å². The lowest BCUT2D eigenvalue weighted by atomic mass is 9.55. The van der Waals surface area contributed by atoms with E-state index in [4.69, 9.17) is 4.74 Å². The molecule has 1 N–H and O–H groups in total. The molecule has 1 heterocycles. The summed E-state index contributed by atoms with van der Waals surface area (Å²) in [6.07, 6.45) is 0. The molecule has 0 spiro atoms. The molecule has 3 aliphatic carbocycles. The van der Waals surface area contributed by atoms with E-state index in [9.17, 15) is 29.3 Å². The lowest BCUT2D eigenvalue weighted by Gasteiger charge is -2.45. The fourth-order valence-electron chi connectivity index (χ4n) is 7.05. The highest BCUT2D eigenvalue weighted by atomic mass is 16.6. The van der Waals surface area contributed by atoms with Crippen LogP contribution < -0.4 is 10.2 Å². The molecule has 1 fully saturated rings. The van der Waals surface area contributed by atoms with Gasteiger partial charge < -0.3 is 10.1 Å². The van der Waals surface area contributed by atoms with Crippen molar-refractivity contribution < 1.29 is 28.8 Å². The first-order valence-electron chi connectivity index (χ1n) is 14.1. The van der Waals surface area contributed by atoms with Crippen molar-refractivity contribution in [1.29, 1.82) is 0 Å². The van der Waals surface area contributed by atoms with Gasteiger partial charge in [0.25, 0.3) is 11.6 Å². The normalized spacial score (nSPS) is 20.9. The lowest BCUT2D eigenvalue weighted by molar-refractivity contribution is -0.385. The van der Waals surface area contributed by atoms with Gasteiger partial charge in [-0.25, -0.2) is 9.69 Å². The molecule has 0 saturated carbocycles. The minimum Gasteiger partial charge on any atom is -0.452 e. The molecule has 1 aliphatic heterocycles. The SMILES string of the molecule is Cc1ccc(NC(=O)COC(=O)c2ccccc2N2C(=O)[C@H]3C4c5ccccc5C(c5ccccc54)[C@@H]3C2=O)cc1[N+](=O)[O-]. The number of anilines is 2. The van der Waals surface area contributed by atoms with E-state index in [1.807, 2.05) is 48.5 Å². The fourth-order valence-corrected chi connectivity index (χ4v) is 7.05. The molecular formula is C34H25N3O7. The number of hydrogen-bond donors (Lipinski definition) is 1. The molecule has 4 aromatic carbocycles. The minimum atomic E-state index is -0.893. The van der Waals surface area contributed by atoms with Crippen molar-refractivity contribution >= 4 is 40.8 Å². The summed E-state index contributed by atoms with van der Waals surface area (Å²) in [5, 5.41) is 13.7. The van der Waals surface area contributed by atoms with Crippen LogP contribution in [0.3, 0.4) is 0 Å². The maximum Gasteiger partial charge on any atom is 0.340 e. The van der Waals surface area contributed by atoms with Crippen LogP contribution in [-0.4, -0.2) is 35.2 Å². The maximum absolute atomic E-state index is 14.1. The number of esters is 1. The molecular weight excluding hydrogens is 562 g/mol. The highest BCUT2D eigenvalue weighted by Crippen LogP contribution is 2.61. The Kier molecular flexibility index (Phi) is 6.35. The number of nitro benzene ring substituents is 1. The number of aryl methyl sites for hydroxylation is 1. The van der Waals surface area contributed by atoms with Crippen LogP contribution in [0.5, 0.6) is 0 Å². The van der Waals surface area contributed by atoms with E-state index in [0.29, 0.717) is 5.56 Å². The molecule has 10 nitrogen and oxygen atoms in total. The largest absolute Gasteiger partial charge is 0.452 e. The third-order valence-corrected chi connectivity index (χ3v) is 8.84. The Morgan fingerprint density at radius 2 is 1.34 bits per heavy atom. The summed E-state index contributed by atoms with van der Waals surface area (Å²) in [6, 6.07) is 26.2. The molecule has 10 heteroatoms. The number of ether oxygens (including phenoxy) is 1. The van der Waals surface area contributed by atoms with Gasteiger partial charge in [0.2, 0.25) is 11.8 Å². The van der Waals surface area contributed by atoms with Gasteiger partial charge in [-0.3, -0.25) is 24.5 Å². The Morgan fingerprint density at radius 1 is 0.818 bits per heavy atom. The molecule has 44 heavy (non-hydrogen) atoms. The van der Waals surface area contributed by atoms with E-state index in [1.165, 1.54) is 30.3 Å². The Hall–Kier alpha value is -5.64. The van der Waals surface area contributed by atoms with Gasteiger partial charge in [-0.05, 0) is 47.4 Å². The quantitative estimate of drug-likeness (QED) is 0.144. The Balaban J connectivity index is 1.15. The van der Waals surface area contributed by atoms with Crippen molar-refractivity contribution in [2.24, 2.45) is 11.8 Å². The Morgan fingerprint density at radius 3 is 1.89 bits per heavy atom. The molecule has 4 aromatic rings. The zero-order valence-electron chi connectivity index (χ0n) is 23.4. The smallest absolute Gasteiger partial charge is 0.340 e. The third-order valence-electron chi connectivity index (χ3n) is 8.84. The van der Waals surface area contributed by atoms with Crippen LogP contribution in [-0.2, 0) is 19.1 Å². The number of nitro groups is 1. The first-order valence-corrected chi connectivity index (χ1v) is 14.1. The number of hydrogen-bond acceptors (Lipinski definition) is 7. The van der Waals surface area contributed by atoms with Gasteiger partial charge in [0, 0.05) is 29.2 Å². The van der Waals surface area contributed by atoms with Gasteiger partial charge in [0.15, 0.2) is 6.61 Å². The summed E-state index contributed by atoms with van der Waals surface area (Å²) in [7, 11) is 0. The minimum absolute atomic E-state index is 0.0333. The summed E-state index contributed by atoms with van der Waals surface area (Å²) in [5.41, 5.74) is 4.68. The zero-order chi connectivity index (χ0) is 30.7. The van der Waals surface area contributed by atoms with Crippen LogP contribution in [0.15, 0.2) is 91.0 Å². The third kappa shape index (κ3) is 4.10. The summed E-state index contributed by atoms with van der Waals surface area (Å²) < 4.78 is 5.27. The summed E-state index contributed by atoms with van der Waals surface area (Å²) in [4.78, 5) is 65.9. The van der Waals surface area contributed by atoms with E-state index >= 15 is 0 Å². The molecule has 0 unspecified atom stereocenters. The van der Waals surface area contributed by atoms with Crippen LogP contribution in [0.1, 0.15) is 50.0 Å². The van der Waals surface area contributed by atoms with E-state index in [1.54, 1.807) is 19.1 Å². The first-order chi connectivity index (χ1) is 21.3. The monoisotopic (exact) mass is 587 g/mol. The molecule has 1 saturated heterocycles. The Bertz CT molecular complexity index is 1800. The van der Waals surface area contributed by atoms with Gasteiger partial charge in [0.1, 0.15) is 0 Å². The van der Waals surface area contributed by atoms with Gasteiger partial charge in [-0.1, -0.05) is 66.7 Å². The van der Waals surface area contributed by atoms with Crippen molar-refractivity contribution in [3.05, 3.63) is 134 Å². The lowest BCUT2D eigenvalue weighted by Crippen LogP contribution is -2.41.